The molecule has 0 spiro atoms. The van der Waals surface area contributed by atoms with Crippen LogP contribution < -0.4 is 20.3 Å². The van der Waals surface area contributed by atoms with Gasteiger partial charge in [0.1, 0.15) is 0 Å². The number of ether oxygens (including phenoxy) is 2. The predicted octanol–water partition coefficient (Wildman–Crippen LogP) is 3.86. The molecule has 0 bridgehead atoms. The van der Waals surface area contributed by atoms with Crippen LogP contribution in [-0.4, -0.2) is 56.0 Å². The van der Waals surface area contributed by atoms with E-state index in [2.05, 4.69) is 10.3 Å². The monoisotopic (exact) mass is 541 g/mol. The Morgan fingerprint density at radius 1 is 1.05 bits per heavy atom. The molecule has 2 N–H and O–H groups in total. The summed E-state index contributed by atoms with van der Waals surface area (Å²) in [7, 11) is -3.74. The number of aromatic amines is 1. The number of amides is 1. The fraction of sp³-hybridized carbons (Fsp3) is 0.429. The average molecular weight is 542 g/mol. The number of piperidine rings is 1. The summed E-state index contributed by atoms with van der Waals surface area (Å²) in [6.45, 7) is 7.54. The number of pyridine rings is 1. The number of H-pyrrole nitrogens is 1. The van der Waals surface area contributed by atoms with Crippen LogP contribution in [-0.2, 0) is 16.4 Å². The first-order chi connectivity index (χ1) is 18.2. The van der Waals surface area contributed by atoms with E-state index in [9.17, 15) is 18.0 Å². The van der Waals surface area contributed by atoms with E-state index < -0.39 is 21.5 Å². The maximum Gasteiger partial charge on any atom is 0.252 e. The molecule has 3 aromatic rings. The highest BCUT2D eigenvalue weighted by Crippen LogP contribution is 2.29. The molecule has 9 nitrogen and oxygen atoms in total. The van der Waals surface area contributed by atoms with Crippen LogP contribution in [0.25, 0.3) is 10.9 Å². The van der Waals surface area contributed by atoms with Gasteiger partial charge >= 0.3 is 0 Å². The first kappa shape index (κ1) is 27.7. The van der Waals surface area contributed by atoms with Gasteiger partial charge in [-0.05, 0) is 75.9 Å². The van der Waals surface area contributed by atoms with Crippen molar-refractivity contribution in [3.05, 3.63) is 63.9 Å². The first-order valence-corrected chi connectivity index (χ1v) is 14.5. The Morgan fingerprint density at radius 3 is 2.55 bits per heavy atom. The molecule has 0 aliphatic carbocycles. The van der Waals surface area contributed by atoms with Crippen molar-refractivity contribution in [2.75, 3.05) is 26.3 Å². The van der Waals surface area contributed by atoms with E-state index >= 15 is 0 Å². The van der Waals surface area contributed by atoms with Gasteiger partial charge in [-0.15, -0.1) is 0 Å². The minimum absolute atomic E-state index is 0.0892. The zero-order valence-electron chi connectivity index (χ0n) is 22.1. The Bertz CT molecular complexity index is 1470. The van der Waals surface area contributed by atoms with Gasteiger partial charge in [0, 0.05) is 36.1 Å². The largest absolute Gasteiger partial charge is 0.490 e. The number of carbonyl (C=O) groups is 1. The Balaban J connectivity index is 1.55. The SMILES string of the molecule is CCOc1ccc(CCNC(=O)c2cc(=O)[nH]c3ccc(S(=O)(=O)N4CCCC[C@@H]4C)cc23)cc1OCC. The lowest BCUT2D eigenvalue weighted by molar-refractivity contribution is 0.0955. The maximum atomic E-state index is 13.4. The van der Waals surface area contributed by atoms with Gasteiger partial charge in [0.2, 0.25) is 15.6 Å². The van der Waals surface area contributed by atoms with E-state index in [4.69, 9.17) is 9.47 Å². The van der Waals surface area contributed by atoms with E-state index in [0.29, 0.717) is 55.1 Å². The Labute approximate surface area is 223 Å². The van der Waals surface area contributed by atoms with Crippen molar-refractivity contribution in [3.8, 4) is 11.5 Å². The Morgan fingerprint density at radius 2 is 1.82 bits per heavy atom. The Hall–Kier alpha value is -3.37. The van der Waals surface area contributed by atoms with Crippen molar-refractivity contribution in [2.45, 2.75) is 57.4 Å². The summed E-state index contributed by atoms with van der Waals surface area (Å²) in [5, 5.41) is 3.25. The molecule has 1 fully saturated rings. The summed E-state index contributed by atoms with van der Waals surface area (Å²) >= 11 is 0. The third kappa shape index (κ3) is 6.02. The molecule has 4 rings (SSSR count). The number of sulfonamides is 1. The number of nitrogens with one attached hydrogen (secondary N) is 2. The van der Waals surface area contributed by atoms with Gasteiger partial charge in [-0.25, -0.2) is 8.42 Å². The van der Waals surface area contributed by atoms with Crippen LogP contribution >= 0.6 is 0 Å². The second-order valence-corrected chi connectivity index (χ2v) is 11.3. The normalized spacial score (nSPS) is 16.3. The highest BCUT2D eigenvalue weighted by molar-refractivity contribution is 7.89. The number of hydrogen-bond acceptors (Lipinski definition) is 6. The summed E-state index contributed by atoms with van der Waals surface area (Å²) in [6, 6.07) is 11.3. The summed E-state index contributed by atoms with van der Waals surface area (Å²) < 4.78 is 39.6. The Kier molecular flexibility index (Phi) is 8.73. The quantitative estimate of drug-likeness (QED) is 0.403. The second kappa shape index (κ2) is 12.0. The van der Waals surface area contributed by atoms with Gasteiger partial charge in [-0.1, -0.05) is 12.5 Å². The van der Waals surface area contributed by atoms with E-state index in [-0.39, 0.29) is 16.5 Å². The molecule has 1 aromatic heterocycles. The van der Waals surface area contributed by atoms with Crippen LogP contribution in [0.2, 0.25) is 0 Å². The third-order valence-corrected chi connectivity index (χ3v) is 8.72. The number of nitrogens with zero attached hydrogens (tertiary/aromatic N) is 1. The molecular weight excluding hydrogens is 506 g/mol. The van der Waals surface area contributed by atoms with E-state index in [1.54, 1.807) is 6.07 Å². The number of aromatic nitrogens is 1. The van der Waals surface area contributed by atoms with Gasteiger partial charge in [0.15, 0.2) is 11.5 Å². The molecule has 0 radical (unpaired) electrons. The lowest BCUT2D eigenvalue weighted by atomic mass is 10.1. The lowest BCUT2D eigenvalue weighted by Gasteiger charge is -2.32. The summed E-state index contributed by atoms with van der Waals surface area (Å²) in [4.78, 5) is 28.2. The number of fused-ring (bicyclic) bond motifs is 1. The van der Waals surface area contributed by atoms with Crippen molar-refractivity contribution in [1.29, 1.82) is 0 Å². The smallest absolute Gasteiger partial charge is 0.252 e. The molecule has 1 saturated heterocycles. The maximum absolute atomic E-state index is 13.4. The molecule has 1 aliphatic rings. The number of hydrogen-bond donors (Lipinski definition) is 2. The topological polar surface area (TPSA) is 118 Å². The van der Waals surface area contributed by atoms with Gasteiger partial charge in [-0.3, -0.25) is 9.59 Å². The second-order valence-electron chi connectivity index (χ2n) is 9.37. The van der Waals surface area contributed by atoms with Crippen LogP contribution in [0.15, 0.2) is 52.2 Å². The minimum atomic E-state index is -3.74. The molecule has 38 heavy (non-hydrogen) atoms. The fourth-order valence-corrected chi connectivity index (χ4v) is 6.54. The zero-order chi connectivity index (χ0) is 27.3. The minimum Gasteiger partial charge on any atom is -0.490 e. The van der Waals surface area contributed by atoms with Crippen LogP contribution in [0, 0.1) is 0 Å². The van der Waals surface area contributed by atoms with Crippen LogP contribution in [0.3, 0.4) is 0 Å². The van der Waals surface area contributed by atoms with Gasteiger partial charge in [0.05, 0.1) is 23.7 Å². The number of benzene rings is 2. The molecular formula is C28H35N3O6S. The van der Waals surface area contributed by atoms with E-state index in [0.717, 1.165) is 24.8 Å². The molecule has 1 aliphatic heterocycles. The lowest BCUT2D eigenvalue weighted by Crippen LogP contribution is -2.41. The van der Waals surface area contributed by atoms with Crippen molar-refractivity contribution in [2.24, 2.45) is 0 Å². The van der Waals surface area contributed by atoms with E-state index in [1.807, 2.05) is 39.0 Å². The highest BCUT2D eigenvalue weighted by Gasteiger charge is 2.31. The zero-order valence-corrected chi connectivity index (χ0v) is 22.9. The third-order valence-electron chi connectivity index (χ3n) is 6.71. The van der Waals surface area contributed by atoms with Crippen molar-refractivity contribution < 1.29 is 22.7 Å². The summed E-state index contributed by atoms with van der Waals surface area (Å²) in [6.07, 6.45) is 3.17. The van der Waals surface area contributed by atoms with Crippen molar-refractivity contribution in [1.82, 2.24) is 14.6 Å². The molecule has 10 heteroatoms. The number of carbonyl (C=O) groups excluding carboxylic acids is 1. The van der Waals surface area contributed by atoms with Crippen LogP contribution in [0.5, 0.6) is 11.5 Å². The van der Waals surface area contributed by atoms with Gasteiger partial charge in [-0.2, -0.15) is 4.31 Å². The van der Waals surface area contributed by atoms with Crippen LogP contribution in [0.1, 0.15) is 56.0 Å². The molecule has 204 valence electrons. The highest BCUT2D eigenvalue weighted by atomic mass is 32.2. The van der Waals surface area contributed by atoms with Gasteiger partial charge in [0.25, 0.3) is 5.91 Å². The fourth-order valence-electron chi connectivity index (χ4n) is 4.81. The number of rotatable bonds is 10. The molecule has 0 saturated carbocycles. The first-order valence-electron chi connectivity index (χ1n) is 13.1. The standard InChI is InChI=1S/C28H35N3O6S/c1-4-36-25-12-9-20(16-26(25)37-5-2)13-14-29-28(33)23-18-27(32)30-24-11-10-21(17-22(23)24)38(34,35)31-15-7-6-8-19(31)3/h9-12,16-19H,4-8,13-15H2,1-3H3,(H,29,33)(H,30,32)/t19-/m0/s1. The van der Waals surface area contributed by atoms with Crippen molar-refractivity contribution in [3.63, 3.8) is 0 Å². The van der Waals surface area contributed by atoms with E-state index in [1.165, 1.54) is 22.5 Å². The molecule has 0 unspecified atom stereocenters. The molecule has 2 aromatic carbocycles. The molecule has 1 amide bonds. The predicted molar refractivity (Wildman–Crippen MR) is 147 cm³/mol. The summed E-state index contributed by atoms with van der Waals surface area (Å²) in [5.41, 5.74) is 1.06. The van der Waals surface area contributed by atoms with Gasteiger partial charge < -0.3 is 19.8 Å². The molecule has 2 heterocycles. The van der Waals surface area contributed by atoms with Crippen molar-refractivity contribution >= 4 is 26.8 Å². The average Bonchev–Trinajstić information content (AvgIpc) is 2.89. The molecule has 1 atom stereocenters. The van der Waals surface area contributed by atoms with Crippen LogP contribution in [0.4, 0.5) is 0 Å². The summed E-state index contributed by atoms with van der Waals surface area (Å²) in [5.74, 6) is 0.871.